The smallest absolute Gasteiger partial charge is 0.417 e. The quantitative estimate of drug-likeness (QED) is 0.296. The molecular formula is C34H42F3N3O7. The van der Waals surface area contributed by atoms with E-state index in [-0.39, 0.29) is 35.4 Å². The van der Waals surface area contributed by atoms with E-state index in [1.165, 1.54) is 19.0 Å². The second kappa shape index (κ2) is 10.3. The molecule has 5 aliphatic rings. The fourth-order valence-corrected chi connectivity index (χ4v) is 10.1. The minimum absolute atomic E-state index is 0.0116. The number of benzene rings is 1. The summed E-state index contributed by atoms with van der Waals surface area (Å²) in [5, 5.41) is 45.3. The second-order valence-corrected chi connectivity index (χ2v) is 15.3. The number of fused-ring (bicyclic) bond motifs is 5. The molecule has 1 aromatic rings. The van der Waals surface area contributed by atoms with Gasteiger partial charge < -0.3 is 26.2 Å². The number of nitrogens with two attached hydrogens (primary N) is 1. The number of likely N-dealkylation sites (N-methyl/N-ethyl adjacent to an activating group) is 1. The van der Waals surface area contributed by atoms with E-state index in [0.29, 0.717) is 5.92 Å². The number of amides is 1. The number of phenols is 1. The van der Waals surface area contributed by atoms with Crippen molar-refractivity contribution in [2.75, 3.05) is 21.1 Å². The first-order valence-electron chi connectivity index (χ1n) is 15.9. The van der Waals surface area contributed by atoms with Crippen molar-refractivity contribution in [1.82, 2.24) is 9.80 Å². The highest BCUT2D eigenvalue weighted by Gasteiger charge is 2.64. The summed E-state index contributed by atoms with van der Waals surface area (Å²) in [7, 11) is 4.75. The number of allylic oxidation sites excluding steroid dienone is 1. The molecule has 2 fully saturated rings. The third-order valence-corrected chi connectivity index (χ3v) is 12.8. The number of ketones is 2. The molecule has 0 saturated heterocycles. The Morgan fingerprint density at radius 1 is 1.09 bits per heavy atom. The van der Waals surface area contributed by atoms with E-state index in [1.54, 1.807) is 7.05 Å². The van der Waals surface area contributed by atoms with E-state index in [0.717, 1.165) is 25.3 Å². The molecule has 1 aromatic carbocycles. The van der Waals surface area contributed by atoms with Gasteiger partial charge in [0.1, 0.15) is 22.8 Å². The molecule has 47 heavy (non-hydrogen) atoms. The van der Waals surface area contributed by atoms with Crippen LogP contribution in [0.25, 0.3) is 0 Å². The van der Waals surface area contributed by atoms with E-state index in [2.05, 4.69) is 20.8 Å². The van der Waals surface area contributed by atoms with Crippen LogP contribution in [0.2, 0.25) is 0 Å². The number of alkyl halides is 3. The number of phenolic OH excluding ortho intramolecular Hbond substituents is 1. The Hall–Kier alpha value is -3.42. The fourth-order valence-electron chi connectivity index (χ4n) is 10.1. The number of nitrogens with zero attached hydrogens (tertiary/aromatic N) is 2. The summed E-state index contributed by atoms with van der Waals surface area (Å²) in [6, 6.07) is -0.282. The van der Waals surface area contributed by atoms with Gasteiger partial charge in [0.2, 0.25) is 5.78 Å². The number of aliphatic hydroxyl groups excluding tert-OH is 2. The maximum atomic E-state index is 15.0. The summed E-state index contributed by atoms with van der Waals surface area (Å²) in [6.45, 7) is 6.49. The van der Waals surface area contributed by atoms with Gasteiger partial charge in [0.15, 0.2) is 11.4 Å². The van der Waals surface area contributed by atoms with Gasteiger partial charge >= 0.3 is 6.18 Å². The highest BCUT2D eigenvalue weighted by Crippen LogP contribution is 2.66. The molecule has 0 radical (unpaired) electrons. The predicted octanol–water partition coefficient (Wildman–Crippen LogP) is 3.79. The summed E-state index contributed by atoms with van der Waals surface area (Å²) in [5.74, 6) is -8.51. The van der Waals surface area contributed by atoms with Crippen LogP contribution in [-0.4, -0.2) is 86.5 Å². The summed E-state index contributed by atoms with van der Waals surface area (Å²) < 4.78 is 45.1. The van der Waals surface area contributed by atoms with Crippen LogP contribution < -0.4 is 5.73 Å². The third-order valence-electron chi connectivity index (χ3n) is 12.8. The van der Waals surface area contributed by atoms with Gasteiger partial charge in [-0.2, -0.15) is 13.2 Å². The maximum Gasteiger partial charge on any atom is 0.417 e. The zero-order valence-corrected chi connectivity index (χ0v) is 27.3. The van der Waals surface area contributed by atoms with Gasteiger partial charge in [-0.3, -0.25) is 24.2 Å². The first-order valence-corrected chi connectivity index (χ1v) is 15.9. The Morgan fingerprint density at radius 2 is 1.72 bits per heavy atom. The maximum absolute atomic E-state index is 15.0. The largest absolute Gasteiger partial charge is 0.510 e. The summed E-state index contributed by atoms with van der Waals surface area (Å²) in [4.78, 5) is 42.9. The number of primary amides is 1. The first kappa shape index (κ1) is 33.5. The predicted molar refractivity (Wildman–Crippen MR) is 163 cm³/mol. The molecule has 7 atom stereocenters. The highest BCUT2D eigenvalue weighted by atomic mass is 19.4. The van der Waals surface area contributed by atoms with Crippen LogP contribution in [0.5, 0.6) is 5.75 Å². The average molecular weight is 662 g/mol. The number of hydrogen-bond acceptors (Lipinski definition) is 9. The normalized spacial score (nSPS) is 34.7. The lowest BCUT2D eigenvalue weighted by molar-refractivity contribution is -0.148. The number of hydrogen-bond donors (Lipinski definition) is 5. The number of carbonyl (C=O) groups is 3. The van der Waals surface area contributed by atoms with Crippen LogP contribution in [0.3, 0.4) is 0 Å². The van der Waals surface area contributed by atoms with Crippen LogP contribution in [0.15, 0.2) is 28.7 Å². The minimum atomic E-state index is -4.91. The molecule has 13 heteroatoms. The summed E-state index contributed by atoms with van der Waals surface area (Å²) in [5.41, 5.74) is -1.36. The number of aromatic hydroxyl groups is 1. The van der Waals surface area contributed by atoms with E-state index in [1.807, 2.05) is 4.90 Å². The van der Waals surface area contributed by atoms with Crippen LogP contribution in [0.1, 0.15) is 73.5 Å². The summed E-state index contributed by atoms with van der Waals surface area (Å²) in [6.07, 6.45) is -2.77. The van der Waals surface area contributed by atoms with E-state index < -0.39 is 98.7 Å². The molecule has 0 heterocycles. The van der Waals surface area contributed by atoms with Crippen LogP contribution in [0, 0.1) is 28.6 Å². The monoisotopic (exact) mass is 661 g/mol. The molecule has 0 aromatic heterocycles. The molecule has 256 valence electrons. The van der Waals surface area contributed by atoms with Gasteiger partial charge in [0.05, 0.1) is 17.2 Å². The molecule has 6 rings (SSSR count). The number of aliphatic hydroxyl groups is 3. The molecule has 5 aliphatic carbocycles. The molecular weight excluding hydrogens is 619 g/mol. The molecule has 1 amide bonds. The van der Waals surface area contributed by atoms with Crippen LogP contribution >= 0.6 is 0 Å². The van der Waals surface area contributed by atoms with Crippen molar-refractivity contribution in [3.8, 4) is 5.75 Å². The molecule has 6 N–H and O–H groups in total. The van der Waals surface area contributed by atoms with E-state index in [4.69, 9.17) is 5.73 Å². The van der Waals surface area contributed by atoms with Crippen LogP contribution in [-0.2, 0) is 28.7 Å². The van der Waals surface area contributed by atoms with E-state index >= 15 is 13.2 Å². The number of Topliss-reactive ketones (excluding diaryl/α,β-unsaturated/α-hetero) is 2. The van der Waals surface area contributed by atoms with Crippen molar-refractivity contribution in [2.45, 2.75) is 83.3 Å². The lowest BCUT2D eigenvalue weighted by Crippen LogP contribution is -2.63. The standard InChI is InChI=1S/C34H42F3N3O7/c1-31(2)16-7-8-32(31,3)20(12-16)40(6)13-15-11-19(41)22-17(24(15)34(35,36)37)9-14-10-18-25(39(4)5)27(43)23(30(38)46)29(45)33(18,47)28(44)21(14)26(22)42/h11,14,16,18,20,25,41,43-44,47H,7-10,12-13H2,1-6H3,(H2,38,46)/t14-,16?,18-,20-,25-,32?,33-/m0/s1. The van der Waals surface area contributed by atoms with Gasteiger partial charge in [-0.1, -0.05) is 20.8 Å². The molecule has 2 saturated carbocycles. The second-order valence-electron chi connectivity index (χ2n) is 15.3. The lowest BCUT2D eigenvalue weighted by Gasteiger charge is -2.50. The molecule has 2 unspecified atom stereocenters. The molecule has 0 spiro atoms. The topological polar surface area (TPSA) is 165 Å². The zero-order valence-electron chi connectivity index (χ0n) is 27.3. The average Bonchev–Trinajstić information content (AvgIpc) is 3.27. The number of carbonyl (C=O) groups excluding carboxylic acids is 3. The Kier molecular flexibility index (Phi) is 7.33. The Morgan fingerprint density at radius 3 is 2.23 bits per heavy atom. The van der Waals surface area contributed by atoms with Gasteiger partial charge in [0, 0.05) is 24.1 Å². The van der Waals surface area contributed by atoms with Crippen molar-refractivity contribution in [3.05, 3.63) is 51.0 Å². The highest BCUT2D eigenvalue weighted by molar-refractivity contribution is 6.24. The van der Waals surface area contributed by atoms with E-state index in [9.17, 15) is 34.8 Å². The summed E-state index contributed by atoms with van der Waals surface area (Å²) >= 11 is 0. The minimum Gasteiger partial charge on any atom is -0.510 e. The van der Waals surface area contributed by atoms with Gasteiger partial charge in [-0.05, 0) is 93.1 Å². The van der Waals surface area contributed by atoms with Crippen molar-refractivity contribution in [3.63, 3.8) is 0 Å². The molecule has 2 bridgehead atoms. The fraction of sp³-hybridized carbons (Fsp3) is 0.618. The molecule has 10 nitrogen and oxygen atoms in total. The Labute approximate surface area is 270 Å². The first-order chi connectivity index (χ1) is 21.6. The van der Waals surface area contributed by atoms with Gasteiger partial charge in [-0.15, -0.1) is 0 Å². The number of halogens is 3. The van der Waals surface area contributed by atoms with Crippen molar-refractivity contribution in [2.24, 2.45) is 34.3 Å². The zero-order chi connectivity index (χ0) is 34.9. The van der Waals surface area contributed by atoms with Gasteiger partial charge in [-0.25, -0.2) is 0 Å². The Balaban J connectivity index is 1.46. The molecule has 0 aliphatic heterocycles. The van der Waals surface area contributed by atoms with Crippen LogP contribution in [0.4, 0.5) is 13.2 Å². The third kappa shape index (κ3) is 4.31. The number of rotatable bonds is 5. The SMILES string of the molecule is CN(C)[C@@H]1C(O)=C(C(N)=O)C(=O)[C@@]2(O)C(O)=C3C(=O)c4c(O)cc(CN(C)[C@H]5CC6CCC5(C)C6(C)C)c(C(F)(F)F)c4C[C@H]3C[C@@H]12. The lowest BCUT2D eigenvalue weighted by atomic mass is 9.58. The van der Waals surface area contributed by atoms with Crippen molar-refractivity contribution in [1.29, 1.82) is 0 Å². The Bertz CT molecular complexity index is 1680. The van der Waals surface area contributed by atoms with Crippen molar-refractivity contribution < 1.29 is 48.0 Å². The van der Waals surface area contributed by atoms with Crippen molar-refractivity contribution >= 4 is 17.5 Å². The van der Waals surface area contributed by atoms with Gasteiger partial charge in [0.25, 0.3) is 5.91 Å².